The number of carbonyl (C=O) groups excluding carboxylic acids is 2. The second-order valence-electron chi connectivity index (χ2n) is 8.69. The normalized spacial score (nSPS) is 22.5. The van der Waals surface area contributed by atoms with Gasteiger partial charge >= 0.3 is 11.8 Å². The molecule has 1 aromatic carbocycles. The molecule has 1 N–H and O–H groups in total. The van der Waals surface area contributed by atoms with E-state index in [0.717, 1.165) is 25.7 Å². The van der Waals surface area contributed by atoms with Crippen molar-refractivity contribution in [2.75, 3.05) is 6.54 Å². The lowest BCUT2D eigenvalue weighted by atomic mass is 9.91. The molecule has 1 aliphatic heterocycles. The number of carbonyl (C=O) groups is 2. The number of nitrogens with one attached hydrogen (secondary N) is 1. The second-order valence-corrected chi connectivity index (χ2v) is 8.69. The zero-order chi connectivity index (χ0) is 21.3. The van der Waals surface area contributed by atoms with Crippen LogP contribution in [0.3, 0.4) is 0 Å². The predicted octanol–water partition coefficient (Wildman–Crippen LogP) is 3.42. The minimum atomic E-state index is -0.559. The molecule has 1 aliphatic carbocycles. The van der Waals surface area contributed by atoms with E-state index in [1.807, 2.05) is 13.8 Å². The molecule has 0 radical (unpaired) electrons. The van der Waals surface area contributed by atoms with Crippen molar-refractivity contribution >= 4 is 11.8 Å². The fraction of sp³-hybridized carbons (Fsp3) is 0.545. The molecule has 160 valence electrons. The van der Waals surface area contributed by atoms with Crippen molar-refractivity contribution in [1.82, 2.24) is 20.4 Å². The van der Waals surface area contributed by atoms with Crippen LogP contribution in [0.4, 0.5) is 4.39 Å². The number of aromatic nitrogens is 2. The molecule has 4 rings (SSSR count). The Morgan fingerprint density at radius 3 is 2.63 bits per heavy atom. The Morgan fingerprint density at radius 1 is 1.27 bits per heavy atom. The van der Waals surface area contributed by atoms with Crippen molar-refractivity contribution < 1.29 is 18.5 Å². The highest BCUT2D eigenvalue weighted by Gasteiger charge is 2.42. The van der Waals surface area contributed by atoms with E-state index >= 15 is 0 Å². The largest absolute Gasteiger partial charge is 0.350 e. The van der Waals surface area contributed by atoms with Crippen LogP contribution in [-0.4, -0.2) is 45.5 Å². The van der Waals surface area contributed by atoms with Crippen molar-refractivity contribution in [3.05, 3.63) is 36.0 Å². The highest BCUT2D eigenvalue weighted by atomic mass is 19.1. The van der Waals surface area contributed by atoms with E-state index in [0.29, 0.717) is 24.4 Å². The molecule has 2 atom stereocenters. The highest BCUT2D eigenvalue weighted by Crippen LogP contribution is 2.31. The lowest BCUT2D eigenvalue weighted by Crippen LogP contribution is -2.63. The summed E-state index contributed by atoms with van der Waals surface area (Å²) < 4.78 is 18.4. The van der Waals surface area contributed by atoms with E-state index < -0.39 is 11.9 Å². The first kappa shape index (κ1) is 20.5. The summed E-state index contributed by atoms with van der Waals surface area (Å²) in [5, 5.41) is 7.03. The van der Waals surface area contributed by atoms with Crippen LogP contribution in [0.2, 0.25) is 0 Å². The maximum absolute atomic E-state index is 13.3. The minimum absolute atomic E-state index is 0.0492. The third-order valence-corrected chi connectivity index (χ3v) is 6.04. The summed E-state index contributed by atoms with van der Waals surface area (Å²) in [4.78, 5) is 32.0. The SMILES string of the molecule is CC(C)CC1C(=O)NC(C2CCCC2)CN1C(=O)c1nc(-c2ccc(F)cc2)no1. The monoisotopic (exact) mass is 414 g/mol. The lowest BCUT2D eigenvalue weighted by Gasteiger charge is -2.41. The Balaban J connectivity index is 1.58. The van der Waals surface area contributed by atoms with E-state index in [-0.39, 0.29) is 35.4 Å². The Hall–Kier alpha value is -2.77. The average molecular weight is 414 g/mol. The molecule has 1 aromatic heterocycles. The molecule has 1 saturated carbocycles. The van der Waals surface area contributed by atoms with Gasteiger partial charge in [0.05, 0.1) is 0 Å². The fourth-order valence-corrected chi connectivity index (χ4v) is 4.49. The summed E-state index contributed by atoms with van der Waals surface area (Å²) in [7, 11) is 0. The van der Waals surface area contributed by atoms with Crippen molar-refractivity contribution in [3.8, 4) is 11.4 Å². The summed E-state index contributed by atoms with van der Waals surface area (Å²) in [5.74, 6) is -0.209. The van der Waals surface area contributed by atoms with Crippen LogP contribution in [0, 0.1) is 17.7 Å². The van der Waals surface area contributed by atoms with E-state index in [2.05, 4.69) is 15.5 Å². The number of hydrogen-bond donors (Lipinski definition) is 1. The number of nitrogens with zero attached hydrogens (tertiary/aromatic N) is 3. The van der Waals surface area contributed by atoms with Gasteiger partial charge < -0.3 is 14.7 Å². The first-order valence-corrected chi connectivity index (χ1v) is 10.6. The summed E-state index contributed by atoms with van der Waals surface area (Å²) in [6.07, 6.45) is 5.01. The molecule has 0 bridgehead atoms. The van der Waals surface area contributed by atoms with E-state index in [9.17, 15) is 14.0 Å². The number of halogens is 1. The van der Waals surface area contributed by atoms with Crippen molar-refractivity contribution in [1.29, 1.82) is 0 Å². The minimum Gasteiger partial charge on any atom is -0.350 e. The van der Waals surface area contributed by atoms with E-state index in [1.54, 1.807) is 4.90 Å². The van der Waals surface area contributed by atoms with Gasteiger partial charge in [0.1, 0.15) is 11.9 Å². The second kappa shape index (κ2) is 8.53. The third kappa shape index (κ3) is 4.22. The summed E-state index contributed by atoms with van der Waals surface area (Å²) in [6, 6.07) is 5.05. The van der Waals surface area contributed by atoms with Crippen molar-refractivity contribution in [2.45, 2.75) is 58.0 Å². The van der Waals surface area contributed by atoms with Gasteiger partial charge in [0, 0.05) is 18.2 Å². The Morgan fingerprint density at radius 2 is 1.97 bits per heavy atom. The molecule has 8 heteroatoms. The van der Waals surface area contributed by atoms with Gasteiger partial charge in [-0.1, -0.05) is 31.8 Å². The van der Waals surface area contributed by atoms with Crippen LogP contribution >= 0.6 is 0 Å². The lowest BCUT2D eigenvalue weighted by molar-refractivity contribution is -0.130. The van der Waals surface area contributed by atoms with Gasteiger partial charge in [-0.15, -0.1) is 0 Å². The van der Waals surface area contributed by atoms with Gasteiger partial charge in [-0.3, -0.25) is 9.59 Å². The number of piperazine rings is 1. The van der Waals surface area contributed by atoms with E-state index in [1.165, 1.54) is 24.3 Å². The zero-order valence-electron chi connectivity index (χ0n) is 17.3. The molecule has 0 spiro atoms. The average Bonchev–Trinajstić information content (AvgIpc) is 3.41. The quantitative estimate of drug-likeness (QED) is 0.810. The van der Waals surface area contributed by atoms with Gasteiger partial charge in [0.2, 0.25) is 11.7 Å². The van der Waals surface area contributed by atoms with Crippen LogP contribution in [0.15, 0.2) is 28.8 Å². The van der Waals surface area contributed by atoms with Gasteiger partial charge in [0.15, 0.2) is 0 Å². The zero-order valence-corrected chi connectivity index (χ0v) is 17.3. The van der Waals surface area contributed by atoms with Gasteiger partial charge in [0.25, 0.3) is 0 Å². The van der Waals surface area contributed by atoms with E-state index in [4.69, 9.17) is 4.52 Å². The smallest absolute Gasteiger partial charge is 0.316 e. The van der Waals surface area contributed by atoms with Gasteiger partial charge in [-0.2, -0.15) is 4.98 Å². The summed E-state index contributed by atoms with van der Waals surface area (Å²) in [6.45, 7) is 4.50. The summed E-state index contributed by atoms with van der Waals surface area (Å²) >= 11 is 0. The number of amides is 2. The number of benzene rings is 1. The Labute approximate surface area is 175 Å². The molecule has 1 saturated heterocycles. The molecule has 30 heavy (non-hydrogen) atoms. The standard InChI is InChI=1S/C22H27FN4O3/c1-13(2)11-18-20(28)24-17(14-5-3-4-6-14)12-27(18)22(29)21-25-19(26-30-21)15-7-9-16(23)10-8-15/h7-10,13-14,17-18H,3-6,11-12H2,1-2H3,(H,24,28). The maximum Gasteiger partial charge on any atom is 0.316 e. The maximum atomic E-state index is 13.3. The molecular weight excluding hydrogens is 387 g/mol. The van der Waals surface area contributed by atoms with Crippen LogP contribution in [-0.2, 0) is 4.79 Å². The third-order valence-electron chi connectivity index (χ3n) is 6.04. The first-order valence-electron chi connectivity index (χ1n) is 10.6. The van der Waals surface area contributed by atoms with Crippen LogP contribution in [0.1, 0.15) is 56.6 Å². The molecule has 2 amide bonds. The molecule has 2 aromatic rings. The molecular formula is C22H27FN4O3. The topological polar surface area (TPSA) is 88.3 Å². The molecule has 2 unspecified atom stereocenters. The predicted molar refractivity (Wildman–Crippen MR) is 108 cm³/mol. The van der Waals surface area contributed by atoms with Crippen molar-refractivity contribution in [3.63, 3.8) is 0 Å². The molecule has 2 aliphatic rings. The van der Waals surface area contributed by atoms with Crippen LogP contribution in [0.25, 0.3) is 11.4 Å². The van der Waals surface area contributed by atoms with Crippen molar-refractivity contribution in [2.24, 2.45) is 11.8 Å². The summed E-state index contributed by atoms with van der Waals surface area (Å²) in [5.41, 5.74) is 0.554. The fourth-order valence-electron chi connectivity index (χ4n) is 4.49. The van der Waals surface area contributed by atoms with Crippen LogP contribution < -0.4 is 5.32 Å². The highest BCUT2D eigenvalue weighted by molar-refractivity contribution is 5.95. The Bertz CT molecular complexity index is 905. The number of rotatable bonds is 5. The van der Waals surface area contributed by atoms with Gasteiger partial charge in [-0.05, 0) is 55.4 Å². The van der Waals surface area contributed by atoms with Crippen LogP contribution in [0.5, 0.6) is 0 Å². The number of hydrogen-bond acceptors (Lipinski definition) is 5. The molecule has 2 fully saturated rings. The first-order chi connectivity index (χ1) is 14.4. The molecule has 7 nitrogen and oxygen atoms in total. The van der Waals surface area contributed by atoms with Gasteiger partial charge in [-0.25, -0.2) is 4.39 Å². The molecule has 2 heterocycles. The Kier molecular flexibility index (Phi) is 5.83.